The zero-order chi connectivity index (χ0) is 13.7. The van der Waals surface area contributed by atoms with Crippen molar-refractivity contribution in [1.29, 1.82) is 0 Å². The number of para-hydroxylation sites is 1. The summed E-state index contributed by atoms with van der Waals surface area (Å²) < 4.78 is 0.967. The number of benzene rings is 1. The minimum atomic E-state index is -0.267. The van der Waals surface area contributed by atoms with Crippen molar-refractivity contribution in [2.45, 2.75) is 44.6 Å². The van der Waals surface area contributed by atoms with E-state index in [4.69, 9.17) is 5.73 Å². The van der Waals surface area contributed by atoms with Gasteiger partial charge in [-0.3, -0.25) is 4.79 Å². The first kappa shape index (κ1) is 14.4. The molecule has 0 spiro atoms. The van der Waals surface area contributed by atoms with Crippen LogP contribution in [0.3, 0.4) is 0 Å². The highest BCUT2D eigenvalue weighted by Gasteiger charge is 2.27. The number of halogens is 1. The van der Waals surface area contributed by atoms with Crippen LogP contribution in [-0.2, 0) is 4.79 Å². The van der Waals surface area contributed by atoms with Crippen LogP contribution in [0.5, 0.6) is 0 Å². The Morgan fingerprint density at radius 1 is 1.21 bits per heavy atom. The van der Waals surface area contributed by atoms with Gasteiger partial charge in [0.25, 0.3) is 0 Å². The summed E-state index contributed by atoms with van der Waals surface area (Å²) in [7, 11) is 0. The maximum atomic E-state index is 11.8. The Morgan fingerprint density at radius 3 is 2.42 bits per heavy atom. The van der Waals surface area contributed by atoms with Gasteiger partial charge in [-0.05, 0) is 46.8 Å². The molecule has 0 bridgehead atoms. The maximum absolute atomic E-state index is 11.8. The second kappa shape index (κ2) is 6.94. The van der Waals surface area contributed by atoms with E-state index in [1.807, 2.05) is 24.3 Å². The molecule has 1 amide bonds. The minimum Gasteiger partial charge on any atom is -0.373 e. The van der Waals surface area contributed by atoms with Crippen LogP contribution in [0.4, 0.5) is 5.69 Å². The molecule has 1 saturated carbocycles. The monoisotopic (exact) mass is 324 g/mol. The fourth-order valence-corrected chi connectivity index (χ4v) is 3.21. The van der Waals surface area contributed by atoms with Crippen LogP contribution >= 0.6 is 15.9 Å². The third-order valence-corrected chi connectivity index (χ3v) is 4.55. The number of carbonyl (C=O) groups is 1. The number of hydrogen-bond acceptors (Lipinski definition) is 2. The number of primary amides is 1. The number of carbonyl (C=O) groups excluding carboxylic acids is 1. The van der Waals surface area contributed by atoms with Crippen molar-refractivity contribution >= 4 is 27.5 Å². The van der Waals surface area contributed by atoms with Crippen molar-refractivity contribution in [3.05, 3.63) is 28.7 Å². The van der Waals surface area contributed by atoms with Crippen LogP contribution in [0.25, 0.3) is 0 Å². The molecular weight excluding hydrogens is 304 g/mol. The molecule has 2 rings (SSSR count). The summed E-state index contributed by atoms with van der Waals surface area (Å²) in [5.41, 5.74) is 6.54. The summed E-state index contributed by atoms with van der Waals surface area (Å²) in [5, 5.41) is 3.32. The van der Waals surface area contributed by atoms with Crippen LogP contribution in [0.1, 0.15) is 38.5 Å². The highest BCUT2D eigenvalue weighted by atomic mass is 79.9. The molecule has 1 aliphatic carbocycles. The molecule has 1 aromatic rings. The van der Waals surface area contributed by atoms with E-state index in [9.17, 15) is 4.79 Å². The summed E-state index contributed by atoms with van der Waals surface area (Å²) in [4.78, 5) is 11.8. The Morgan fingerprint density at radius 2 is 1.84 bits per heavy atom. The molecule has 0 aromatic heterocycles. The summed E-state index contributed by atoms with van der Waals surface area (Å²) in [6.45, 7) is 0. The standard InChI is InChI=1S/C15H21BrN2O/c16-12-9-5-6-10-13(12)18-14(15(17)19)11-7-3-1-2-4-8-11/h5-6,9-11,14,18H,1-4,7-8H2,(H2,17,19). The Balaban J connectivity index is 2.11. The van der Waals surface area contributed by atoms with Crippen LogP contribution in [0.2, 0.25) is 0 Å². The Bertz CT molecular complexity index is 428. The van der Waals surface area contributed by atoms with Gasteiger partial charge in [0.2, 0.25) is 5.91 Å². The molecular formula is C15H21BrN2O. The predicted octanol–water partition coefficient (Wildman–Crippen LogP) is 3.69. The Hall–Kier alpha value is -1.03. The number of anilines is 1. The van der Waals surface area contributed by atoms with E-state index in [2.05, 4.69) is 21.2 Å². The van der Waals surface area contributed by atoms with E-state index in [1.165, 1.54) is 25.7 Å². The molecule has 1 atom stereocenters. The number of hydrogen-bond donors (Lipinski definition) is 2. The van der Waals surface area contributed by atoms with Gasteiger partial charge < -0.3 is 11.1 Å². The Labute approximate surface area is 123 Å². The minimum absolute atomic E-state index is 0.248. The molecule has 0 aliphatic heterocycles. The van der Waals surface area contributed by atoms with Crippen LogP contribution in [0, 0.1) is 5.92 Å². The van der Waals surface area contributed by atoms with E-state index in [1.54, 1.807) is 0 Å². The SMILES string of the molecule is NC(=O)C(Nc1ccccc1Br)C1CCCCCC1. The van der Waals surface area contributed by atoms with Gasteiger partial charge in [-0.1, -0.05) is 37.8 Å². The van der Waals surface area contributed by atoms with Gasteiger partial charge in [-0.15, -0.1) is 0 Å². The van der Waals surface area contributed by atoms with Gasteiger partial charge in [-0.2, -0.15) is 0 Å². The topological polar surface area (TPSA) is 55.1 Å². The number of nitrogens with one attached hydrogen (secondary N) is 1. The van der Waals surface area contributed by atoms with Crippen molar-refractivity contribution in [2.75, 3.05) is 5.32 Å². The van der Waals surface area contributed by atoms with E-state index in [0.717, 1.165) is 23.0 Å². The van der Waals surface area contributed by atoms with E-state index in [0.29, 0.717) is 5.92 Å². The molecule has 0 heterocycles. The molecule has 1 fully saturated rings. The van der Waals surface area contributed by atoms with Crippen molar-refractivity contribution in [3.63, 3.8) is 0 Å². The van der Waals surface area contributed by atoms with Crippen LogP contribution < -0.4 is 11.1 Å². The molecule has 1 unspecified atom stereocenters. The molecule has 104 valence electrons. The summed E-state index contributed by atoms with van der Waals surface area (Å²) in [6, 6.07) is 7.58. The molecule has 0 radical (unpaired) electrons. The quantitative estimate of drug-likeness (QED) is 0.830. The van der Waals surface area contributed by atoms with E-state index >= 15 is 0 Å². The average molecular weight is 325 g/mol. The van der Waals surface area contributed by atoms with Crippen molar-refractivity contribution in [1.82, 2.24) is 0 Å². The lowest BCUT2D eigenvalue weighted by Gasteiger charge is -2.25. The van der Waals surface area contributed by atoms with Gasteiger partial charge in [0.05, 0.1) is 0 Å². The molecule has 19 heavy (non-hydrogen) atoms. The summed E-state index contributed by atoms with van der Waals surface area (Å²) >= 11 is 3.50. The van der Waals surface area contributed by atoms with Gasteiger partial charge in [0.1, 0.15) is 6.04 Å². The average Bonchev–Trinajstić information content (AvgIpc) is 2.66. The predicted molar refractivity (Wildman–Crippen MR) is 81.9 cm³/mol. The molecule has 4 heteroatoms. The van der Waals surface area contributed by atoms with Crippen LogP contribution in [0.15, 0.2) is 28.7 Å². The fourth-order valence-electron chi connectivity index (χ4n) is 2.81. The fraction of sp³-hybridized carbons (Fsp3) is 0.533. The largest absolute Gasteiger partial charge is 0.373 e. The molecule has 3 nitrogen and oxygen atoms in total. The summed E-state index contributed by atoms with van der Waals surface area (Å²) in [5.74, 6) is 0.106. The van der Waals surface area contributed by atoms with Crippen LogP contribution in [-0.4, -0.2) is 11.9 Å². The molecule has 0 saturated heterocycles. The maximum Gasteiger partial charge on any atom is 0.240 e. The first-order valence-corrected chi connectivity index (χ1v) is 7.78. The number of nitrogens with two attached hydrogens (primary N) is 1. The zero-order valence-corrected chi connectivity index (χ0v) is 12.7. The zero-order valence-electron chi connectivity index (χ0n) is 11.1. The third kappa shape index (κ3) is 3.96. The lowest BCUT2D eigenvalue weighted by Crippen LogP contribution is -2.41. The van der Waals surface area contributed by atoms with Gasteiger partial charge in [0, 0.05) is 10.2 Å². The molecule has 1 aliphatic rings. The van der Waals surface area contributed by atoms with E-state index < -0.39 is 0 Å². The second-order valence-electron chi connectivity index (χ2n) is 5.26. The lowest BCUT2D eigenvalue weighted by molar-refractivity contribution is -0.119. The van der Waals surface area contributed by atoms with Crippen molar-refractivity contribution in [2.24, 2.45) is 11.7 Å². The van der Waals surface area contributed by atoms with E-state index in [-0.39, 0.29) is 11.9 Å². The first-order chi connectivity index (χ1) is 9.18. The lowest BCUT2D eigenvalue weighted by atomic mass is 9.91. The highest BCUT2D eigenvalue weighted by Crippen LogP contribution is 2.29. The smallest absolute Gasteiger partial charge is 0.240 e. The van der Waals surface area contributed by atoms with Crippen molar-refractivity contribution in [3.8, 4) is 0 Å². The normalized spacial score (nSPS) is 18.6. The van der Waals surface area contributed by atoms with Gasteiger partial charge in [0.15, 0.2) is 0 Å². The second-order valence-corrected chi connectivity index (χ2v) is 6.11. The molecule has 3 N–H and O–H groups in total. The Kier molecular flexibility index (Phi) is 5.25. The number of amides is 1. The summed E-state index contributed by atoms with van der Waals surface area (Å²) in [6.07, 6.45) is 7.13. The highest BCUT2D eigenvalue weighted by molar-refractivity contribution is 9.10. The van der Waals surface area contributed by atoms with Gasteiger partial charge in [-0.25, -0.2) is 0 Å². The van der Waals surface area contributed by atoms with Crippen molar-refractivity contribution < 1.29 is 4.79 Å². The first-order valence-electron chi connectivity index (χ1n) is 6.99. The van der Waals surface area contributed by atoms with Gasteiger partial charge >= 0.3 is 0 Å². The number of rotatable bonds is 4. The molecule has 1 aromatic carbocycles. The third-order valence-electron chi connectivity index (χ3n) is 3.86.